The quantitative estimate of drug-likeness (QED) is 0.788. The lowest BCUT2D eigenvalue weighted by Crippen LogP contribution is -2.28. The fourth-order valence-corrected chi connectivity index (χ4v) is 1.87. The van der Waals surface area contributed by atoms with Crippen LogP contribution in [0.3, 0.4) is 0 Å². The summed E-state index contributed by atoms with van der Waals surface area (Å²) in [6, 6.07) is 10.5. The second-order valence-electron chi connectivity index (χ2n) is 4.22. The van der Waals surface area contributed by atoms with Crippen molar-refractivity contribution < 1.29 is 9.18 Å². The number of benzene rings is 2. The number of urea groups is 1. The Morgan fingerprint density at radius 1 is 1.14 bits per heavy atom. The van der Waals surface area contributed by atoms with E-state index in [2.05, 4.69) is 22.5 Å². The summed E-state index contributed by atoms with van der Waals surface area (Å²) in [7, 11) is 0. The molecule has 0 aliphatic heterocycles. The number of nitrogens with one attached hydrogen (secondary N) is 2. The van der Waals surface area contributed by atoms with Gasteiger partial charge in [0, 0.05) is 5.69 Å². The summed E-state index contributed by atoms with van der Waals surface area (Å²) >= 11 is 11.6. The lowest BCUT2D eigenvalue weighted by Gasteiger charge is -2.06. The molecule has 0 fully saturated rings. The average molecular weight is 337 g/mol. The van der Waals surface area contributed by atoms with Crippen LogP contribution in [0.5, 0.6) is 0 Å². The summed E-state index contributed by atoms with van der Waals surface area (Å²) in [6.07, 6.45) is 0. The number of halogens is 3. The minimum atomic E-state index is -0.443. The summed E-state index contributed by atoms with van der Waals surface area (Å²) in [5.74, 6) is 4.92. The predicted molar refractivity (Wildman–Crippen MR) is 86.8 cm³/mol. The Kier molecular flexibility index (Phi) is 5.65. The molecule has 2 aromatic carbocycles. The van der Waals surface area contributed by atoms with E-state index in [4.69, 9.17) is 23.2 Å². The average Bonchev–Trinajstić information content (AvgIpc) is 2.49. The van der Waals surface area contributed by atoms with Gasteiger partial charge in [-0.2, -0.15) is 0 Å². The molecule has 0 atom stereocenters. The van der Waals surface area contributed by atoms with Crippen molar-refractivity contribution in [3.63, 3.8) is 0 Å². The van der Waals surface area contributed by atoms with Crippen LogP contribution >= 0.6 is 23.2 Å². The molecule has 0 unspecified atom stereocenters. The summed E-state index contributed by atoms with van der Waals surface area (Å²) in [5.41, 5.74) is 0.795. The van der Waals surface area contributed by atoms with Crippen molar-refractivity contribution in [2.45, 2.75) is 0 Å². The maximum absolute atomic E-state index is 13.3. The first-order valence-electron chi connectivity index (χ1n) is 6.29. The second-order valence-corrected chi connectivity index (χ2v) is 5.03. The zero-order valence-corrected chi connectivity index (χ0v) is 12.8. The lowest BCUT2D eigenvalue weighted by atomic mass is 10.2. The van der Waals surface area contributed by atoms with E-state index in [-0.39, 0.29) is 12.1 Å². The van der Waals surface area contributed by atoms with E-state index < -0.39 is 11.8 Å². The van der Waals surface area contributed by atoms with Crippen molar-refractivity contribution in [1.29, 1.82) is 0 Å². The molecule has 2 aromatic rings. The van der Waals surface area contributed by atoms with Crippen LogP contribution in [0.15, 0.2) is 42.5 Å². The van der Waals surface area contributed by atoms with Gasteiger partial charge in [0.15, 0.2) is 0 Å². The Labute approximate surface area is 137 Å². The molecule has 2 amide bonds. The highest BCUT2D eigenvalue weighted by Crippen LogP contribution is 2.24. The van der Waals surface area contributed by atoms with Crippen LogP contribution in [-0.4, -0.2) is 12.6 Å². The van der Waals surface area contributed by atoms with Gasteiger partial charge in [0.25, 0.3) is 0 Å². The molecule has 0 bridgehead atoms. The highest BCUT2D eigenvalue weighted by atomic mass is 35.5. The van der Waals surface area contributed by atoms with Crippen LogP contribution in [0.4, 0.5) is 14.9 Å². The van der Waals surface area contributed by atoms with Gasteiger partial charge in [-0.05, 0) is 30.3 Å². The van der Waals surface area contributed by atoms with Crippen LogP contribution in [-0.2, 0) is 0 Å². The number of rotatable bonds is 2. The highest BCUT2D eigenvalue weighted by Gasteiger charge is 2.03. The molecule has 0 heterocycles. The first-order chi connectivity index (χ1) is 10.6. The maximum Gasteiger partial charge on any atom is 0.319 e. The zero-order valence-electron chi connectivity index (χ0n) is 11.3. The molecule has 0 aromatic heterocycles. The third-order valence-electron chi connectivity index (χ3n) is 2.61. The van der Waals surface area contributed by atoms with Crippen LogP contribution < -0.4 is 10.6 Å². The molecule has 0 spiro atoms. The van der Waals surface area contributed by atoms with E-state index in [1.165, 1.54) is 12.1 Å². The summed E-state index contributed by atoms with van der Waals surface area (Å²) in [5, 5.41) is 5.87. The van der Waals surface area contributed by atoms with E-state index in [0.717, 1.165) is 0 Å². The molecular formula is C16H11Cl2FN2O. The van der Waals surface area contributed by atoms with Gasteiger partial charge >= 0.3 is 6.03 Å². The number of hydrogen-bond acceptors (Lipinski definition) is 1. The second kappa shape index (κ2) is 7.69. The Morgan fingerprint density at radius 3 is 2.64 bits per heavy atom. The molecule has 2 rings (SSSR count). The molecule has 0 saturated heterocycles. The Morgan fingerprint density at radius 2 is 1.91 bits per heavy atom. The first kappa shape index (κ1) is 16.2. The van der Waals surface area contributed by atoms with Crippen molar-refractivity contribution in [2.75, 3.05) is 11.9 Å². The van der Waals surface area contributed by atoms with Crippen molar-refractivity contribution in [2.24, 2.45) is 0 Å². The van der Waals surface area contributed by atoms with Crippen LogP contribution in [0.25, 0.3) is 0 Å². The molecule has 2 N–H and O–H groups in total. The molecular weight excluding hydrogens is 326 g/mol. The van der Waals surface area contributed by atoms with E-state index >= 15 is 0 Å². The number of carbonyl (C=O) groups excluding carboxylic acids is 1. The van der Waals surface area contributed by atoms with Crippen LogP contribution in [0, 0.1) is 17.7 Å². The molecule has 22 heavy (non-hydrogen) atoms. The monoisotopic (exact) mass is 336 g/mol. The van der Waals surface area contributed by atoms with Gasteiger partial charge in [-0.15, -0.1) is 0 Å². The normalized spacial score (nSPS) is 9.59. The summed E-state index contributed by atoms with van der Waals surface area (Å²) in [6.45, 7) is 0.0848. The predicted octanol–water partition coefficient (Wildman–Crippen LogP) is 4.31. The third kappa shape index (κ3) is 4.66. The summed E-state index contributed by atoms with van der Waals surface area (Å²) in [4.78, 5) is 11.6. The van der Waals surface area contributed by atoms with Crippen LogP contribution in [0.2, 0.25) is 10.0 Å². The third-order valence-corrected chi connectivity index (χ3v) is 3.35. The molecule has 6 heteroatoms. The number of carbonyl (C=O) groups is 1. The fraction of sp³-hybridized carbons (Fsp3) is 0.0625. The smallest absolute Gasteiger partial charge is 0.319 e. The van der Waals surface area contributed by atoms with E-state index in [1.54, 1.807) is 30.3 Å². The van der Waals surface area contributed by atoms with Gasteiger partial charge in [0.2, 0.25) is 0 Å². The zero-order chi connectivity index (χ0) is 15.9. The van der Waals surface area contributed by atoms with Crippen molar-refractivity contribution in [1.82, 2.24) is 5.32 Å². The molecule has 0 aliphatic carbocycles. The molecule has 112 valence electrons. The highest BCUT2D eigenvalue weighted by molar-refractivity contribution is 6.42. The maximum atomic E-state index is 13.3. The van der Waals surface area contributed by atoms with Gasteiger partial charge in [0.05, 0.1) is 22.2 Å². The minimum Gasteiger partial charge on any atom is -0.327 e. The van der Waals surface area contributed by atoms with E-state index in [0.29, 0.717) is 15.7 Å². The Balaban J connectivity index is 1.86. The standard InChI is InChI=1S/C16H11Cl2FN2O/c17-13-8-7-12(10-14(13)18)21-16(22)20-9-3-5-11-4-1-2-6-15(11)19/h1-2,4,6-8,10H,9H2,(H2,20,21,22). The molecule has 0 saturated carbocycles. The van der Waals surface area contributed by atoms with Gasteiger partial charge in [0.1, 0.15) is 5.82 Å². The molecule has 0 aliphatic rings. The Hall–Kier alpha value is -2.22. The topological polar surface area (TPSA) is 41.1 Å². The van der Waals surface area contributed by atoms with Gasteiger partial charge in [-0.3, -0.25) is 0 Å². The van der Waals surface area contributed by atoms with Gasteiger partial charge in [-0.1, -0.05) is 47.2 Å². The van der Waals surface area contributed by atoms with Crippen molar-refractivity contribution in [3.8, 4) is 11.8 Å². The molecule has 0 radical (unpaired) electrons. The SMILES string of the molecule is O=C(NCC#Cc1ccccc1F)Nc1ccc(Cl)c(Cl)c1. The van der Waals surface area contributed by atoms with Gasteiger partial charge in [-0.25, -0.2) is 9.18 Å². The van der Waals surface area contributed by atoms with E-state index in [1.807, 2.05) is 0 Å². The largest absolute Gasteiger partial charge is 0.327 e. The number of hydrogen-bond donors (Lipinski definition) is 2. The van der Waals surface area contributed by atoms with Crippen molar-refractivity contribution in [3.05, 3.63) is 63.9 Å². The summed E-state index contributed by atoms with van der Waals surface area (Å²) < 4.78 is 13.3. The van der Waals surface area contributed by atoms with E-state index in [9.17, 15) is 9.18 Å². The number of anilines is 1. The van der Waals surface area contributed by atoms with Crippen molar-refractivity contribution >= 4 is 34.9 Å². The van der Waals surface area contributed by atoms with Gasteiger partial charge < -0.3 is 10.6 Å². The fourth-order valence-electron chi connectivity index (χ4n) is 1.58. The lowest BCUT2D eigenvalue weighted by molar-refractivity contribution is 0.253. The first-order valence-corrected chi connectivity index (χ1v) is 7.05. The molecule has 3 nitrogen and oxygen atoms in total. The van der Waals surface area contributed by atoms with Crippen LogP contribution in [0.1, 0.15) is 5.56 Å². The Bertz CT molecular complexity index is 753. The number of amides is 2. The minimum absolute atomic E-state index is 0.0848.